The van der Waals surface area contributed by atoms with Crippen molar-refractivity contribution < 1.29 is 9.53 Å². The first-order valence-electron chi connectivity index (χ1n) is 6.96. The molecular formula is C14H28N2O2. The lowest BCUT2D eigenvalue weighted by Crippen LogP contribution is -2.39. The summed E-state index contributed by atoms with van der Waals surface area (Å²) in [6.07, 6.45) is 3.86. The number of carbonyl (C=O) groups is 1. The first-order valence-corrected chi connectivity index (χ1v) is 6.96. The zero-order chi connectivity index (χ0) is 13.6. The number of amides is 1. The van der Waals surface area contributed by atoms with E-state index < -0.39 is 0 Å². The Kier molecular flexibility index (Phi) is 6.09. The van der Waals surface area contributed by atoms with Gasteiger partial charge in [0.25, 0.3) is 0 Å². The van der Waals surface area contributed by atoms with E-state index in [1.807, 2.05) is 11.9 Å². The minimum absolute atomic E-state index is 0.00306. The fourth-order valence-corrected chi connectivity index (χ4v) is 2.35. The maximum Gasteiger partial charge on any atom is 0.222 e. The van der Waals surface area contributed by atoms with E-state index in [1.54, 1.807) is 0 Å². The molecule has 1 saturated heterocycles. The topological polar surface area (TPSA) is 55.6 Å². The molecular weight excluding hydrogens is 228 g/mol. The zero-order valence-corrected chi connectivity index (χ0v) is 12.1. The number of carbonyl (C=O) groups excluding carboxylic acids is 1. The van der Waals surface area contributed by atoms with E-state index in [9.17, 15) is 4.79 Å². The van der Waals surface area contributed by atoms with Crippen molar-refractivity contribution in [1.82, 2.24) is 4.90 Å². The van der Waals surface area contributed by atoms with E-state index in [4.69, 9.17) is 10.5 Å². The van der Waals surface area contributed by atoms with E-state index in [0.29, 0.717) is 18.9 Å². The number of hydrogen-bond acceptors (Lipinski definition) is 3. The molecule has 4 nitrogen and oxygen atoms in total. The maximum atomic E-state index is 12.0. The monoisotopic (exact) mass is 256 g/mol. The second kappa shape index (κ2) is 7.10. The molecule has 0 bridgehead atoms. The smallest absolute Gasteiger partial charge is 0.222 e. The fraction of sp³-hybridized carbons (Fsp3) is 0.929. The molecule has 1 fully saturated rings. The van der Waals surface area contributed by atoms with Crippen LogP contribution in [0.5, 0.6) is 0 Å². The predicted octanol–water partition coefficient (Wildman–Crippen LogP) is 1.64. The highest BCUT2D eigenvalue weighted by Gasteiger charge is 2.22. The van der Waals surface area contributed by atoms with Crippen LogP contribution < -0.4 is 5.73 Å². The molecule has 0 aromatic rings. The van der Waals surface area contributed by atoms with Gasteiger partial charge in [-0.25, -0.2) is 0 Å². The molecule has 106 valence electrons. The molecule has 0 aromatic heterocycles. The van der Waals surface area contributed by atoms with Gasteiger partial charge in [-0.15, -0.1) is 0 Å². The molecule has 0 aliphatic carbocycles. The Hall–Kier alpha value is -0.610. The molecule has 0 spiro atoms. The first-order chi connectivity index (χ1) is 8.44. The van der Waals surface area contributed by atoms with Gasteiger partial charge < -0.3 is 15.4 Å². The van der Waals surface area contributed by atoms with Crippen molar-refractivity contribution in [3.63, 3.8) is 0 Å². The van der Waals surface area contributed by atoms with Gasteiger partial charge in [0.15, 0.2) is 0 Å². The van der Waals surface area contributed by atoms with Crippen LogP contribution in [0.3, 0.4) is 0 Å². The Balaban J connectivity index is 2.26. The van der Waals surface area contributed by atoms with Crippen LogP contribution in [0.2, 0.25) is 0 Å². The number of rotatable bonds is 6. The molecule has 2 N–H and O–H groups in total. The normalized spacial score (nSPS) is 17.8. The summed E-state index contributed by atoms with van der Waals surface area (Å²) in [6.45, 7) is 7.23. The van der Waals surface area contributed by atoms with Crippen LogP contribution in [0.1, 0.15) is 39.5 Å². The summed E-state index contributed by atoms with van der Waals surface area (Å²) in [5, 5.41) is 0. The molecule has 18 heavy (non-hydrogen) atoms. The lowest BCUT2D eigenvalue weighted by Gasteiger charge is -2.29. The van der Waals surface area contributed by atoms with Crippen molar-refractivity contribution in [1.29, 1.82) is 0 Å². The zero-order valence-electron chi connectivity index (χ0n) is 12.1. The standard InChI is InChI=1S/C14H28N2O2/c1-14(2,10-15)11-16(3)13(17)5-4-12-6-8-18-9-7-12/h12H,4-11,15H2,1-3H3. The van der Waals surface area contributed by atoms with Gasteiger partial charge in [0.1, 0.15) is 0 Å². The number of ether oxygens (including phenoxy) is 1. The predicted molar refractivity (Wildman–Crippen MR) is 73.2 cm³/mol. The Labute approximate surface area is 111 Å². The Morgan fingerprint density at radius 3 is 2.56 bits per heavy atom. The number of hydrogen-bond donors (Lipinski definition) is 1. The highest BCUT2D eigenvalue weighted by molar-refractivity contribution is 5.75. The van der Waals surface area contributed by atoms with Crippen molar-refractivity contribution in [3.05, 3.63) is 0 Å². The summed E-state index contributed by atoms with van der Waals surface area (Å²) in [4.78, 5) is 13.9. The summed E-state index contributed by atoms with van der Waals surface area (Å²) in [7, 11) is 1.88. The van der Waals surface area contributed by atoms with E-state index in [1.165, 1.54) is 0 Å². The largest absolute Gasteiger partial charge is 0.381 e. The van der Waals surface area contributed by atoms with Crippen LogP contribution >= 0.6 is 0 Å². The van der Waals surface area contributed by atoms with E-state index >= 15 is 0 Å². The van der Waals surface area contributed by atoms with E-state index in [2.05, 4.69) is 13.8 Å². The van der Waals surface area contributed by atoms with E-state index in [-0.39, 0.29) is 11.3 Å². The average Bonchev–Trinajstić information content (AvgIpc) is 2.36. The van der Waals surface area contributed by atoms with Gasteiger partial charge in [-0.05, 0) is 37.1 Å². The second-order valence-corrected chi connectivity index (χ2v) is 6.21. The molecule has 1 rings (SSSR count). The lowest BCUT2D eigenvalue weighted by molar-refractivity contribution is -0.131. The van der Waals surface area contributed by atoms with Crippen LogP contribution in [0, 0.1) is 11.3 Å². The fourth-order valence-electron chi connectivity index (χ4n) is 2.35. The van der Waals surface area contributed by atoms with Crippen LogP contribution in [-0.4, -0.2) is 44.2 Å². The van der Waals surface area contributed by atoms with E-state index in [0.717, 1.165) is 39.0 Å². The minimum Gasteiger partial charge on any atom is -0.381 e. The van der Waals surface area contributed by atoms with Crippen LogP contribution in [0.15, 0.2) is 0 Å². The van der Waals surface area contributed by atoms with Crippen molar-refractivity contribution >= 4 is 5.91 Å². The Bertz CT molecular complexity index is 261. The molecule has 1 heterocycles. The second-order valence-electron chi connectivity index (χ2n) is 6.21. The minimum atomic E-state index is 0.00306. The first kappa shape index (κ1) is 15.4. The molecule has 1 amide bonds. The third-order valence-corrected chi connectivity index (χ3v) is 3.75. The van der Waals surface area contributed by atoms with Gasteiger partial charge in [0, 0.05) is 33.2 Å². The summed E-state index contributed by atoms with van der Waals surface area (Å²) in [5.41, 5.74) is 5.70. The molecule has 4 heteroatoms. The summed E-state index contributed by atoms with van der Waals surface area (Å²) < 4.78 is 5.33. The summed E-state index contributed by atoms with van der Waals surface area (Å²) >= 11 is 0. The Morgan fingerprint density at radius 1 is 1.39 bits per heavy atom. The lowest BCUT2D eigenvalue weighted by atomic mass is 9.92. The van der Waals surface area contributed by atoms with Crippen LogP contribution in [-0.2, 0) is 9.53 Å². The van der Waals surface area contributed by atoms with Gasteiger partial charge >= 0.3 is 0 Å². The maximum absolute atomic E-state index is 12.0. The molecule has 0 atom stereocenters. The number of nitrogens with two attached hydrogens (primary N) is 1. The highest BCUT2D eigenvalue weighted by atomic mass is 16.5. The van der Waals surface area contributed by atoms with Crippen molar-refractivity contribution in [2.45, 2.75) is 39.5 Å². The molecule has 0 saturated carbocycles. The SMILES string of the molecule is CN(CC(C)(C)CN)C(=O)CCC1CCOCC1. The van der Waals surface area contributed by atoms with Crippen molar-refractivity contribution in [2.75, 3.05) is 33.4 Å². The highest BCUT2D eigenvalue weighted by Crippen LogP contribution is 2.21. The molecule has 1 aliphatic heterocycles. The van der Waals surface area contributed by atoms with Gasteiger partial charge in [0.2, 0.25) is 5.91 Å². The molecule has 0 unspecified atom stereocenters. The van der Waals surface area contributed by atoms with Gasteiger partial charge in [-0.2, -0.15) is 0 Å². The van der Waals surface area contributed by atoms with Crippen molar-refractivity contribution in [2.24, 2.45) is 17.1 Å². The van der Waals surface area contributed by atoms with Crippen LogP contribution in [0.4, 0.5) is 0 Å². The summed E-state index contributed by atoms with van der Waals surface area (Å²) in [5.74, 6) is 0.904. The Morgan fingerprint density at radius 2 is 2.00 bits per heavy atom. The number of nitrogens with zero attached hydrogens (tertiary/aromatic N) is 1. The third kappa shape index (κ3) is 5.36. The molecule has 0 aromatic carbocycles. The van der Waals surface area contributed by atoms with Gasteiger partial charge in [-0.3, -0.25) is 4.79 Å². The molecule has 0 radical (unpaired) electrons. The van der Waals surface area contributed by atoms with Crippen LogP contribution in [0.25, 0.3) is 0 Å². The molecule has 1 aliphatic rings. The summed E-state index contributed by atoms with van der Waals surface area (Å²) in [6, 6.07) is 0. The van der Waals surface area contributed by atoms with Gasteiger partial charge in [0.05, 0.1) is 0 Å². The van der Waals surface area contributed by atoms with Gasteiger partial charge in [-0.1, -0.05) is 13.8 Å². The average molecular weight is 256 g/mol. The van der Waals surface area contributed by atoms with Crippen molar-refractivity contribution in [3.8, 4) is 0 Å². The quantitative estimate of drug-likeness (QED) is 0.786. The third-order valence-electron chi connectivity index (χ3n) is 3.75.